The summed E-state index contributed by atoms with van der Waals surface area (Å²) in [6.45, 7) is 2.86. The molecule has 2 heterocycles. The highest BCUT2D eigenvalue weighted by molar-refractivity contribution is 5.94. The highest BCUT2D eigenvalue weighted by Gasteiger charge is 2.19. The van der Waals surface area contributed by atoms with Crippen molar-refractivity contribution >= 4 is 11.6 Å². The third-order valence-electron chi connectivity index (χ3n) is 4.00. The number of carbonyl (C=O) groups excluding carboxylic acids is 1. The zero-order valence-electron chi connectivity index (χ0n) is 13.4. The zero-order valence-corrected chi connectivity index (χ0v) is 13.4. The number of rotatable bonds is 6. The first-order valence-electron chi connectivity index (χ1n) is 7.96. The molecule has 1 saturated heterocycles. The van der Waals surface area contributed by atoms with E-state index in [1.807, 2.05) is 0 Å². The molecule has 7 heteroatoms. The van der Waals surface area contributed by atoms with Crippen molar-refractivity contribution in [3.63, 3.8) is 0 Å². The van der Waals surface area contributed by atoms with Crippen molar-refractivity contribution in [2.24, 2.45) is 0 Å². The van der Waals surface area contributed by atoms with E-state index in [4.69, 9.17) is 9.47 Å². The molecule has 128 valence electrons. The molecule has 1 fully saturated rings. The highest BCUT2D eigenvalue weighted by Crippen LogP contribution is 2.27. The number of hydrogen-bond acceptors (Lipinski definition) is 4. The zero-order chi connectivity index (χ0) is 16.9. The largest absolute Gasteiger partial charge is 0.489 e. The van der Waals surface area contributed by atoms with Gasteiger partial charge in [-0.2, -0.15) is 0 Å². The molecule has 0 aliphatic carbocycles. The molecule has 6 nitrogen and oxygen atoms in total. The second-order valence-electron chi connectivity index (χ2n) is 5.76. The number of nitrogens with zero attached hydrogens (tertiary/aromatic N) is 2. The lowest BCUT2D eigenvalue weighted by molar-refractivity contribution is -0.118. The predicted molar refractivity (Wildman–Crippen MR) is 86.4 cm³/mol. The fourth-order valence-electron chi connectivity index (χ4n) is 2.56. The Morgan fingerprint density at radius 1 is 1.58 bits per heavy atom. The van der Waals surface area contributed by atoms with Gasteiger partial charge in [0.25, 0.3) is 0 Å². The third kappa shape index (κ3) is 3.91. The van der Waals surface area contributed by atoms with E-state index >= 15 is 0 Å². The lowest BCUT2D eigenvalue weighted by Crippen LogP contribution is -2.24. The van der Waals surface area contributed by atoms with Crippen LogP contribution in [0.2, 0.25) is 0 Å². The topological polar surface area (TPSA) is 65.4 Å². The smallest absolute Gasteiger partial charge is 0.247 e. The molecular weight excluding hydrogens is 313 g/mol. The van der Waals surface area contributed by atoms with Crippen LogP contribution in [0.5, 0.6) is 5.75 Å². The van der Waals surface area contributed by atoms with E-state index in [1.54, 1.807) is 30.2 Å². The lowest BCUT2D eigenvalue weighted by Gasteiger charge is -2.17. The van der Waals surface area contributed by atoms with Gasteiger partial charge in [0.15, 0.2) is 0 Å². The summed E-state index contributed by atoms with van der Waals surface area (Å²) in [6.07, 6.45) is 6.87. The first-order chi connectivity index (χ1) is 11.6. The van der Waals surface area contributed by atoms with Gasteiger partial charge < -0.3 is 19.4 Å². The van der Waals surface area contributed by atoms with Crippen molar-refractivity contribution in [2.45, 2.75) is 31.9 Å². The molecule has 2 aromatic rings. The molecule has 0 unspecified atom stereocenters. The van der Waals surface area contributed by atoms with Crippen molar-refractivity contribution in [3.8, 4) is 5.75 Å². The predicted octanol–water partition coefficient (Wildman–Crippen LogP) is 2.78. The molecule has 1 aromatic heterocycles. The maximum absolute atomic E-state index is 13.6. The SMILES string of the molecule is C[C@@H](C(=O)Nc1cc(F)ccc1OC[C@@H]1CCCO1)n1ccnc1. The van der Waals surface area contributed by atoms with Crippen LogP contribution in [0, 0.1) is 5.82 Å². The van der Waals surface area contributed by atoms with Crippen LogP contribution in [0.4, 0.5) is 10.1 Å². The minimum Gasteiger partial charge on any atom is -0.489 e. The van der Waals surface area contributed by atoms with Crippen LogP contribution < -0.4 is 10.1 Å². The molecular formula is C17H20FN3O3. The van der Waals surface area contributed by atoms with Gasteiger partial charge in [-0.3, -0.25) is 4.79 Å². The van der Waals surface area contributed by atoms with Crippen LogP contribution in [0.3, 0.4) is 0 Å². The number of carbonyl (C=O) groups is 1. The van der Waals surface area contributed by atoms with Crippen molar-refractivity contribution in [2.75, 3.05) is 18.5 Å². The van der Waals surface area contributed by atoms with Gasteiger partial charge in [-0.25, -0.2) is 9.37 Å². The van der Waals surface area contributed by atoms with Gasteiger partial charge in [-0.1, -0.05) is 0 Å². The number of nitrogens with one attached hydrogen (secondary N) is 1. The van der Waals surface area contributed by atoms with Crippen molar-refractivity contribution in [1.29, 1.82) is 0 Å². The average molecular weight is 333 g/mol. The first kappa shape index (κ1) is 16.4. The summed E-state index contributed by atoms with van der Waals surface area (Å²) < 4.78 is 26.5. The van der Waals surface area contributed by atoms with Crippen LogP contribution in [0.15, 0.2) is 36.9 Å². The Bertz CT molecular complexity index is 684. The number of benzene rings is 1. The molecule has 2 atom stereocenters. The molecule has 3 rings (SSSR count). The fourth-order valence-corrected chi connectivity index (χ4v) is 2.56. The Kier molecular flexibility index (Phi) is 5.10. The molecule has 1 aromatic carbocycles. The van der Waals surface area contributed by atoms with Gasteiger partial charge in [0, 0.05) is 25.1 Å². The summed E-state index contributed by atoms with van der Waals surface area (Å²) in [5.74, 6) is -0.288. The van der Waals surface area contributed by atoms with Crippen molar-refractivity contribution in [3.05, 3.63) is 42.7 Å². The summed E-state index contributed by atoms with van der Waals surface area (Å²) in [4.78, 5) is 16.3. The Labute approximate surface area is 139 Å². The summed E-state index contributed by atoms with van der Waals surface area (Å²) in [5, 5.41) is 2.72. The second kappa shape index (κ2) is 7.44. The van der Waals surface area contributed by atoms with Crippen molar-refractivity contribution < 1.29 is 18.7 Å². The minimum absolute atomic E-state index is 0.0449. The van der Waals surface area contributed by atoms with Gasteiger partial charge in [-0.15, -0.1) is 0 Å². The maximum atomic E-state index is 13.6. The highest BCUT2D eigenvalue weighted by atomic mass is 19.1. The number of hydrogen-bond donors (Lipinski definition) is 1. The van der Waals surface area contributed by atoms with Gasteiger partial charge >= 0.3 is 0 Å². The van der Waals surface area contributed by atoms with E-state index in [0.29, 0.717) is 18.0 Å². The number of amides is 1. The second-order valence-corrected chi connectivity index (χ2v) is 5.76. The van der Waals surface area contributed by atoms with E-state index in [-0.39, 0.29) is 12.0 Å². The van der Waals surface area contributed by atoms with Crippen LogP contribution >= 0.6 is 0 Å². The number of ether oxygens (including phenoxy) is 2. The summed E-state index contributed by atoms with van der Waals surface area (Å²) in [6, 6.07) is 3.60. The van der Waals surface area contributed by atoms with E-state index in [0.717, 1.165) is 19.4 Å². The van der Waals surface area contributed by atoms with E-state index in [9.17, 15) is 9.18 Å². The molecule has 1 aliphatic rings. The normalized spacial score (nSPS) is 18.3. The van der Waals surface area contributed by atoms with E-state index in [2.05, 4.69) is 10.3 Å². The molecule has 0 saturated carbocycles. The van der Waals surface area contributed by atoms with Crippen LogP contribution in [0.25, 0.3) is 0 Å². The summed E-state index contributed by atoms with van der Waals surface area (Å²) >= 11 is 0. The minimum atomic E-state index is -0.471. The number of anilines is 1. The Hall–Kier alpha value is -2.41. The van der Waals surface area contributed by atoms with Gasteiger partial charge in [-0.05, 0) is 31.9 Å². The Balaban J connectivity index is 1.69. The molecule has 24 heavy (non-hydrogen) atoms. The quantitative estimate of drug-likeness (QED) is 0.883. The number of imidazole rings is 1. The Morgan fingerprint density at radius 3 is 3.17 bits per heavy atom. The Morgan fingerprint density at radius 2 is 2.46 bits per heavy atom. The molecule has 0 spiro atoms. The standard InChI is InChI=1S/C17H20FN3O3/c1-12(21-7-6-19-11-21)17(22)20-15-9-13(18)4-5-16(15)24-10-14-3-2-8-23-14/h4-7,9,11-12,14H,2-3,8,10H2,1H3,(H,20,22)/t12-,14-/m0/s1. The van der Waals surface area contributed by atoms with Gasteiger partial charge in [0.05, 0.1) is 18.1 Å². The van der Waals surface area contributed by atoms with Crippen LogP contribution in [0.1, 0.15) is 25.8 Å². The van der Waals surface area contributed by atoms with Crippen molar-refractivity contribution in [1.82, 2.24) is 9.55 Å². The lowest BCUT2D eigenvalue weighted by atomic mass is 10.2. The molecule has 1 amide bonds. The first-order valence-corrected chi connectivity index (χ1v) is 7.96. The number of aromatic nitrogens is 2. The van der Waals surface area contributed by atoms with Crippen LogP contribution in [-0.4, -0.2) is 34.8 Å². The van der Waals surface area contributed by atoms with Gasteiger partial charge in [0.2, 0.25) is 5.91 Å². The van der Waals surface area contributed by atoms with E-state index < -0.39 is 11.9 Å². The maximum Gasteiger partial charge on any atom is 0.247 e. The monoisotopic (exact) mass is 333 g/mol. The molecule has 0 bridgehead atoms. The molecule has 0 radical (unpaired) electrons. The fraction of sp³-hybridized carbons (Fsp3) is 0.412. The summed E-state index contributed by atoms with van der Waals surface area (Å²) in [5.41, 5.74) is 0.310. The number of halogens is 1. The average Bonchev–Trinajstić information content (AvgIpc) is 3.27. The molecule has 1 aliphatic heterocycles. The third-order valence-corrected chi connectivity index (χ3v) is 4.00. The van der Waals surface area contributed by atoms with Gasteiger partial charge in [0.1, 0.15) is 24.2 Å². The van der Waals surface area contributed by atoms with Crippen LogP contribution in [-0.2, 0) is 9.53 Å². The summed E-state index contributed by atoms with van der Waals surface area (Å²) in [7, 11) is 0. The van der Waals surface area contributed by atoms with E-state index in [1.165, 1.54) is 18.2 Å². The molecule has 1 N–H and O–H groups in total.